The van der Waals surface area contributed by atoms with E-state index in [4.69, 9.17) is 0 Å². The predicted octanol–water partition coefficient (Wildman–Crippen LogP) is 1.07. The zero-order chi connectivity index (χ0) is 19.1. The van der Waals surface area contributed by atoms with Crippen LogP contribution in [-0.2, 0) is 30.7 Å². The van der Waals surface area contributed by atoms with Gasteiger partial charge in [0.1, 0.15) is 0 Å². The molecular formula is C18H23N3O4S. The zero-order valence-corrected chi connectivity index (χ0v) is 15.9. The van der Waals surface area contributed by atoms with E-state index in [2.05, 4.69) is 0 Å². The van der Waals surface area contributed by atoms with E-state index in [1.54, 1.807) is 0 Å². The molecule has 1 saturated carbocycles. The fourth-order valence-electron chi connectivity index (χ4n) is 3.10. The maximum atomic E-state index is 13.3. The van der Waals surface area contributed by atoms with Gasteiger partial charge in [0.05, 0.1) is 0 Å². The Balaban J connectivity index is 2.10. The van der Waals surface area contributed by atoms with Gasteiger partial charge in [-0.15, -0.1) is 0 Å². The highest BCUT2D eigenvalue weighted by molar-refractivity contribution is 7.89. The first-order valence-corrected chi connectivity index (χ1v) is 10.00. The number of aromatic nitrogens is 2. The van der Waals surface area contributed by atoms with Crippen LogP contribution in [0.25, 0.3) is 0 Å². The molecule has 0 unspecified atom stereocenters. The minimum atomic E-state index is -4.06. The summed E-state index contributed by atoms with van der Waals surface area (Å²) in [5, 5.41) is 0. The second-order valence-corrected chi connectivity index (χ2v) is 8.72. The van der Waals surface area contributed by atoms with Crippen molar-refractivity contribution < 1.29 is 8.42 Å². The van der Waals surface area contributed by atoms with Crippen LogP contribution in [0.5, 0.6) is 0 Å². The van der Waals surface area contributed by atoms with Crippen LogP contribution in [0.15, 0.2) is 51.0 Å². The molecule has 7 nitrogen and oxygen atoms in total. The van der Waals surface area contributed by atoms with Crippen molar-refractivity contribution in [3.05, 3.63) is 62.9 Å². The lowest BCUT2D eigenvalue weighted by Gasteiger charge is -2.28. The quantitative estimate of drug-likeness (QED) is 0.754. The molecule has 1 atom stereocenters. The Morgan fingerprint density at radius 2 is 1.77 bits per heavy atom. The highest BCUT2D eigenvalue weighted by Gasteiger charge is 2.39. The molecule has 1 heterocycles. The van der Waals surface area contributed by atoms with Crippen molar-refractivity contribution in [2.24, 2.45) is 20.0 Å². The lowest BCUT2D eigenvalue weighted by Crippen LogP contribution is -2.45. The van der Waals surface area contributed by atoms with Crippen LogP contribution in [-0.4, -0.2) is 27.9 Å². The highest BCUT2D eigenvalue weighted by atomic mass is 32.2. The van der Waals surface area contributed by atoms with Gasteiger partial charge in [-0.3, -0.25) is 9.36 Å². The van der Waals surface area contributed by atoms with Crippen LogP contribution in [0.3, 0.4) is 0 Å². The van der Waals surface area contributed by atoms with E-state index in [1.807, 2.05) is 37.3 Å². The van der Waals surface area contributed by atoms with Gasteiger partial charge in [0.15, 0.2) is 4.90 Å². The number of hydrogen-bond donors (Lipinski definition) is 0. The van der Waals surface area contributed by atoms with Crippen molar-refractivity contribution in [1.82, 2.24) is 13.4 Å². The summed E-state index contributed by atoms with van der Waals surface area (Å²) in [7, 11) is -1.33. The van der Waals surface area contributed by atoms with E-state index in [-0.39, 0.29) is 17.5 Å². The average Bonchev–Trinajstić information content (AvgIpc) is 3.46. The van der Waals surface area contributed by atoms with Gasteiger partial charge in [0.25, 0.3) is 15.6 Å². The van der Waals surface area contributed by atoms with Crippen LogP contribution in [0.4, 0.5) is 0 Å². The number of benzene rings is 1. The number of aryl methyl sites for hydroxylation is 1. The molecule has 1 aliphatic carbocycles. The Hall–Kier alpha value is -2.19. The molecule has 1 fully saturated rings. The van der Waals surface area contributed by atoms with Gasteiger partial charge in [0, 0.05) is 32.9 Å². The molecule has 0 aliphatic heterocycles. The van der Waals surface area contributed by atoms with Gasteiger partial charge in [-0.1, -0.05) is 30.3 Å². The van der Waals surface area contributed by atoms with E-state index < -0.39 is 21.3 Å². The molecule has 140 valence electrons. The monoisotopic (exact) mass is 377 g/mol. The Morgan fingerprint density at radius 3 is 2.35 bits per heavy atom. The maximum absolute atomic E-state index is 13.3. The number of rotatable bonds is 6. The van der Waals surface area contributed by atoms with Crippen LogP contribution in [0.1, 0.15) is 25.3 Å². The van der Waals surface area contributed by atoms with E-state index in [9.17, 15) is 18.0 Å². The first kappa shape index (κ1) is 18.6. The zero-order valence-electron chi connectivity index (χ0n) is 15.1. The van der Waals surface area contributed by atoms with E-state index in [1.165, 1.54) is 18.4 Å². The first-order chi connectivity index (χ1) is 12.2. The van der Waals surface area contributed by atoms with Crippen LogP contribution in [0, 0.1) is 5.92 Å². The summed E-state index contributed by atoms with van der Waals surface area (Å²) < 4.78 is 30.0. The molecule has 0 amide bonds. The molecule has 0 bridgehead atoms. The molecule has 3 rings (SSSR count). The summed E-state index contributed by atoms with van der Waals surface area (Å²) in [6, 6.07) is 9.08. The van der Waals surface area contributed by atoms with Crippen molar-refractivity contribution >= 4 is 10.0 Å². The lowest BCUT2D eigenvalue weighted by atomic mass is 10.2. The number of sulfonamides is 1. The molecule has 1 aromatic carbocycles. The van der Waals surface area contributed by atoms with Gasteiger partial charge in [-0.2, -0.15) is 4.31 Å². The summed E-state index contributed by atoms with van der Waals surface area (Å²) >= 11 is 0. The summed E-state index contributed by atoms with van der Waals surface area (Å²) in [6.45, 7) is 2.07. The molecule has 1 aromatic heterocycles. The molecule has 0 saturated heterocycles. The first-order valence-electron chi connectivity index (χ1n) is 8.56. The summed E-state index contributed by atoms with van der Waals surface area (Å²) in [5.41, 5.74) is -0.502. The number of nitrogens with zero attached hydrogens (tertiary/aromatic N) is 3. The molecule has 0 radical (unpaired) electrons. The van der Waals surface area contributed by atoms with Crippen LogP contribution in [0.2, 0.25) is 0 Å². The van der Waals surface area contributed by atoms with Gasteiger partial charge in [-0.05, 0) is 31.2 Å². The topological polar surface area (TPSA) is 81.4 Å². The van der Waals surface area contributed by atoms with Crippen LogP contribution < -0.4 is 11.2 Å². The minimum Gasteiger partial charge on any atom is -0.302 e. The normalized spacial score (nSPS) is 16.0. The van der Waals surface area contributed by atoms with Crippen LogP contribution >= 0.6 is 0 Å². The van der Waals surface area contributed by atoms with Crippen molar-refractivity contribution in [3.63, 3.8) is 0 Å². The largest absolute Gasteiger partial charge is 0.330 e. The van der Waals surface area contributed by atoms with Crippen molar-refractivity contribution in [1.29, 1.82) is 0 Å². The van der Waals surface area contributed by atoms with Crippen molar-refractivity contribution in [2.75, 3.05) is 0 Å². The van der Waals surface area contributed by atoms with Crippen molar-refractivity contribution in [2.45, 2.75) is 37.2 Å². The fourth-order valence-corrected chi connectivity index (χ4v) is 4.93. The summed E-state index contributed by atoms with van der Waals surface area (Å²) in [6.07, 6.45) is 3.08. The Morgan fingerprint density at radius 1 is 1.15 bits per heavy atom. The Labute approximate surface area is 152 Å². The lowest BCUT2D eigenvalue weighted by molar-refractivity contribution is 0.302. The second-order valence-electron chi connectivity index (χ2n) is 6.86. The SMILES string of the molecule is C[C@H](C1CC1)N(Cc1ccccc1)S(=O)(=O)c1cn(C)c(=O)n(C)c1=O. The molecule has 0 spiro atoms. The third-order valence-electron chi connectivity index (χ3n) is 4.94. The summed E-state index contributed by atoms with van der Waals surface area (Å²) in [5.74, 6) is 0.296. The fraction of sp³-hybridized carbons (Fsp3) is 0.444. The van der Waals surface area contributed by atoms with Gasteiger partial charge in [0.2, 0.25) is 0 Å². The second kappa shape index (κ2) is 6.85. The standard InChI is InChI=1S/C18H23N3O4S/c1-13(15-9-10-15)21(11-14-7-5-4-6-8-14)26(24,25)16-12-19(2)18(23)20(3)17(16)22/h4-8,12-13,15H,9-11H2,1-3H3/t13-/m1/s1. The van der Waals surface area contributed by atoms with E-state index in [0.29, 0.717) is 5.92 Å². The Kier molecular flexibility index (Phi) is 4.90. The van der Waals surface area contributed by atoms with Crippen molar-refractivity contribution in [3.8, 4) is 0 Å². The smallest absolute Gasteiger partial charge is 0.302 e. The molecular weight excluding hydrogens is 354 g/mol. The highest BCUT2D eigenvalue weighted by Crippen LogP contribution is 2.37. The van der Waals surface area contributed by atoms with Gasteiger partial charge >= 0.3 is 5.69 Å². The molecule has 8 heteroatoms. The summed E-state index contributed by atoms with van der Waals surface area (Å²) in [4.78, 5) is 24.0. The number of hydrogen-bond acceptors (Lipinski definition) is 4. The third kappa shape index (κ3) is 3.39. The molecule has 2 aromatic rings. The maximum Gasteiger partial charge on any atom is 0.330 e. The molecule has 26 heavy (non-hydrogen) atoms. The molecule has 1 aliphatic rings. The average molecular weight is 377 g/mol. The van der Waals surface area contributed by atoms with E-state index >= 15 is 0 Å². The Bertz CT molecular complexity index is 1020. The predicted molar refractivity (Wildman–Crippen MR) is 98.3 cm³/mol. The van der Waals surface area contributed by atoms with E-state index in [0.717, 1.165) is 33.7 Å². The third-order valence-corrected chi connectivity index (χ3v) is 6.86. The van der Waals surface area contributed by atoms with Gasteiger partial charge in [-0.25, -0.2) is 13.2 Å². The molecule has 0 N–H and O–H groups in total. The minimum absolute atomic E-state index is 0.187. The van der Waals surface area contributed by atoms with Gasteiger partial charge < -0.3 is 4.57 Å².